The van der Waals surface area contributed by atoms with Crippen molar-refractivity contribution in [2.24, 2.45) is 5.29 Å². The number of rotatable bonds is 6. The number of alkyl halides is 1. The number of nitrogens with one attached hydrogen (secondary N) is 1. The predicted octanol–water partition coefficient (Wildman–Crippen LogP) is 0.349. The zero-order valence-electron chi connectivity index (χ0n) is 9.58. The number of urea groups is 1. The van der Waals surface area contributed by atoms with E-state index < -0.39 is 11.1 Å². The fourth-order valence-corrected chi connectivity index (χ4v) is 1.46. The first kappa shape index (κ1) is 14.5. The largest absolute Gasteiger partial charge is 0.625 e. The lowest BCUT2D eigenvalue weighted by Gasteiger charge is -2.22. The van der Waals surface area contributed by atoms with Gasteiger partial charge < -0.3 is 5.21 Å². The molecule has 0 spiro atoms. The van der Waals surface area contributed by atoms with E-state index in [0.717, 1.165) is 0 Å². The molecule has 1 aromatic rings. The van der Waals surface area contributed by atoms with Crippen molar-refractivity contribution >= 4 is 17.6 Å². The van der Waals surface area contributed by atoms with Crippen LogP contribution in [0.4, 0.5) is 4.79 Å². The lowest BCUT2D eigenvalue weighted by molar-refractivity contribution is -0.763. The van der Waals surface area contributed by atoms with Crippen LogP contribution in [0.25, 0.3) is 0 Å². The Morgan fingerprint density at radius 1 is 1.56 bits per heavy atom. The number of halogens is 1. The van der Waals surface area contributed by atoms with Gasteiger partial charge in [-0.05, 0) is 12.1 Å². The van der Waals surface area contributed by atoms with Gasteiger partial charge in [-0.2, -0.15) is 0 Å². The van der Waals surface area contributed by atoms with Crippen LogP contribution in [-0.4, -0.2) is 35.0 Å². The van der Waals surface area contributed by atoms with E-state index in [-0.39, 0.29) is 19.0 Å². The van der Waals surface area contributed by atoms with Crippen LogP contribution in [0.3, 0.4) is 0 Å². The number of carbonyl (C=O) groups is 1. The van der Waals surface area contributed by atoms with E-state index >= 15 is 0 Å². The Kier molecular flexibility index (Phi) is 6.20. The summed E-state index contributed by atoms with van der Waals surface area (Å²) in [5, 5.41) is 13.9. The van der Waals surface area contributed by atoms with Crippen LogP contribution in [-0.2, 0) is 6.42 Å². The molecule has 0 aliphatic carbocycles. The van der Waals surface area contributed by atoms with E-state index in [2.05, 4.69) is 10.3 Å². The second-order valence-electron chi connectivity index (χ2n) is 3.44. The smallest absolute Gasteiger partial charge is 0.440 e. The molecule has 1 unspecified atom stereocenters. The van der Waals surface area contributed by atoms with Crippen LogP contribution >= 0.6 is 11.6 Å². The first-order chi connectivity index (χ1) is 8.69. The van der Waals surface area contributed by atoms with Crippen molar-refractivity contribution in [1.29, 1.82) is 0 Å². The van der Waals surface area contributed by atoms with Gasteiger partial charge in [0.2, 0.25) is 0 Å². The average Bonchev–Trinajstić information content (AvgIpc) is 2.42. The molecule has 2 amide bonds. The van der Waals surface area contributed by atoms with Crippen LogP contribution in [0.1, 0.15) is 5.69 Å². The van der Waals surface area contributed by atoms with Crippen LogP contribution < -0.4 is 5.06 Å². The second kappa shape index (κ2) is 7.70. The van der Waals surface area contributed by atoms with E-state index in [9.17, 15) is 14.9 Å². The molecule has 0 saturated heterocycles. The van der Waals surface area contributed by atoms with Crippen molar-refractivity contribution in [1.82, 2.24) is 9.99 Å². The minimum Gasteiger partial charge on any atom is -0.625 e. The van der Waals surface area contributed by atoms with Crippen molar-refractivity contribution in [2.45, 2.75) is 6.42 Å². The maximum Gasteiger partial charge on any atom is 0.440 e. The molecule has 8 heteroatoms. The lowest BCUT2D eigenvalue weighted by atomic mass is 10.3. The molecule has 0 radical (unpaired) electrons. The summed E-state index contributed by atoms with van der Waals surface area (Å²) in [6, 6.07) is 4.38. The van der Waals surface area contributed by atoms with E-state index in [1.54, 1.807) is 24.4 Å². The molecule has 98 valence electrons. The van der Waals surface area contributed by atoms with Crippen LogP contribution in [0.2, 0.25) is 0 Å². The molecular formula is C10H13ClN4O3. The number of pyridine rings is 1. The monoisotopic (exact) mass is 272 g/mol. The fourth-order valence-electron chi connectivity index (χ4n) is 1.30. The highest BCUT2D eigenvalue weighted by molar-refractivity contribution is 6.18. The molecule has 1 atom stereocenters. The standard InChI is InChI=1S/C10H13ClN4O3/c11-5-8-14(13-17)10(16)15(18)7-4-9-3-1-2-6-12-9/h1-3,6,15H,4-5,7-8H2. The normalized spacial score (nSPS) is 11.9. The minimum absolute atomic E-state index is 0.00977. The molecule has 0 bridgehead atoms. The predicted molar refractivity (Wildman–Crippen MR) is 65.8 cm³/mol. The highest BCUT2D eigenvalue weighted by Crippen LogP contribution is 1.93. The summed E-state index contributed by atoms with van der Waals surface area (Å²) >= 11 is 5.38. The Morgan fingerprint density at radius 2 is 2.33 bits per heavy atom. The van der Waals surface area contributed by atoms with Gasteiger partial charge in [-0.15, -0.1) is 21.5 Å². The highest BCUT2D eigenvalue weighted by Gasteiger charge is 2.21. The Labute approximate surface area is 109 Å². The summed E-state index contributed by atoms with van der Waals surface area (Å²) in [5.41, 5.74) is 0.710. The Hall–Kier alpha value is -1.57. The number of hydroxylamine groups is 2. The maximum atomic E-state index is 11.5. The number of hydrogen-bond acceptors (Lipinski definition) is 5. The second-order valence-corrected chi connectivity index (χ2v) is 3.82. The molecule has 0 aliphatic heterocycles. The van der Waals surface area contributed by atoms with Gasteiger partial charge in [0.15, 0.2) is 0 Å². The van der Waals surface area contributed by atoms with Crippen LogP contribution in [0.5, 0.6) is 0 Å². The van der Waals surface area contributed by atoms with Gasteiger partial charge in [0.05, 0.1) is 18.4 Å². The molecule has 1 aromatic heterocycles. The molecule has 18 heavy (non-hydrogen) atoms. The van der Waals surface area contributed by atoms with Crippen LogP contribution in [0.15, 0.2) is 29.7 Å². The number of amides is 2. The molecular weight excluding hydrogens is 260 g/mol. The third kappa shape index (κ3) is 4.36. The third-order valence-electron chi connectivity index (χ3n) is 2.20. The molecule has 0 aromatic carbocycles. The molecule has 0 aliphatic rings. The van der Waals surface area contributed by atoms with E-state index in [1.807, 2.05) is 0 Å². The van der Waals surface area contributed by atoms with Gasteiger partial charge in [-0.1, -0.05) is 6.07 Å². The summed E-state index contributed by atoms with van der Waals surface area (Å²) < 4.78 is 0. The van der Waals surface area contributed by atoms with Gasteiger partial charge >= 0.3 is 6.03 Å². The van der Waals surface area contributed by atoms with Crippen molar-refractivity contribution in [3.8, 4) is 0 Å². The number of nitrogens with zero attached hydrogens (tertiary/aromatic N) is 3. The minimum atomic E-state index is -0.929. The van der Waals surface area contributed by atoms with Crippen LogP contribution in [0, 0.1) is 10.1 Å². The summed E-state index contributed by atoms with van der Waals surface area (Å²) in [4.78, 5) is 25.9. The first-order valence-electron chi connectivity index (χ1n) is 5.33. The zero-order chi connectivity index (χ0) is 13.4. The van der Waals surface area contributed by atoms with Crippen molar-refractivity contribution in [3.05, 3.63) is 40.2 Å². The summed E-state index contributed by atoms with van der Waals surface area (Å²) in [6.45, 7) is -0.0800. The summed E-state index contributed by atoms with van der Waals surface area (Å²) in [5.74, 6) is 0.0466. The molecule has 1 N–H and O–H groups in total. The van der Waals surface area contributed by atoms with Gasteiger partial charge in [-0.3, -0.25) is 10.0 Å². The third-order valence-corrected chi connectivity index (χ3v) is 2.37. The Bertz CT molecular complexity index is 390. The number of hydrogen-bond donors (Lipinski definition) is 1. The Morgan fingerprint density at radius 3 is 2.89 bits per heavy atom. The van der Waals surface area contributed by atoms with Crippen molar-refractivity contribution in [2.75, 3.05) is 19.0 Å². The molecule has 7 nitrogen and oxygen atoms in total. The molecule has 0 saturated carbocycles. The van der Waals surface area contributed by atoms with Gasteiger partial charge in [-0.25, -0.2) is 4.79 Å². The SMILES string of the molecule is O=NN(CCCl)C(=O)[NH+]([O-])CCc1ccccn1. The van der Waals surface area contributed by atoms with Crippen molar-refractivity contribution < 1.29 is 9.86 Å². The van der Waals surface area contributed by atoms with Crippen molar-refractivity contribution in [3.63, 3.8) is 0 Å². The first-order valence-corrected chi connectivity index (χ1v) is 5.86. The van der Waals surface area contributed by atoms with E-state index in [4.69, 9.17) is 11.6 Å². The number of aromatic nitrogens is 1. The fraction of sp³-hybridized carbons (Fsp3) is 0.400. The van der Waals surface area contributed by atoms with Gasteiger partial charge in [0, 0.05) is 24.2 Å². The average molecular weight is 273 g/mol. The zero-order valence-corrected chi connectivity index (χ0v) is 10.3. The van der Waals surface area contributed by atoms with E-state index in [1.165, 1.54) is 0 Å². The lowest BCUT2D eigenvalue weighted by Crippen LogP contribution is -3.11. The topological polar surface area (TPSA) is 90.1 Å². The van der Waals surface area contributed by atoms with Gasteiger partial charge in [0.25, 0.3) is 0 Å². The quantitative estimate of drug-likeness (QED) is 0.460. The van der Waals surface area contributed by atoms with Gasteiger partial charge in [0.1, 0.15) is 0 Å². The summed E-state index contributed by atoms with van der Waals surface area (Å²) in [6.07, 6.45) is 1.95. The Balaban J connectivity index is 2.47. The number of carbonyl (C=O) groups excluding carboxylic acids is 1. The maximum absolute atomic E-state index is 11.5. The highest BCUT2D eigenvalue weighted by atomic mass is 35.5. The summed E-state index contributed by atoms with van der Waals surface area (Å²) in [7, 11) is 0. The molecule has 0 fully saturated rings. The van der Waals surface area contributed by atoms with E-state index in [0.29, 0.717) is 17.1 Å². The number of nitroso groups, excluding NO2 is 1. The number of quaternary nitrogens is 1. The molecule has 1 rings (SSSR count). The molecule has 1 heterocycles.